The molecule has 0 saturated carbocycles. The van der Waals surface area contributed by atoms with Crippen LogP contribution in [0.3, 0.4) is 0 Å². The fourth-order valence-corrected chi connectivity index (χ4v) is 4.39. The van der Waals surface area contributed by atoms with Crippen LogP contribution < -0.4 is 11.1 Å². The maximum Gasteiger partial charge on any atom is 0.312 e. The summed E-state index contributed by atoms with van der Waals surface area (Å²) in [6, 6.07) is 7.92. The smallest absolute Gasteiger partial charge is 0.312 e. The lowest BCUT2D eigenvalue weighted by Crippen LogP contribution is -2.67. The van der Waals surface area contributed by atoms with E-state index < -0.39 is 22.9 Å². The molecule has 2 amide bonds. The largest absolute Gasteiger partial charge is 0.341 e. The Morgan fingerprint density at radius 3 is 2.12 bits per heavy atom. The van der Waals surface area contributed by atoms with Crippen molar-refractivity contribution < 1.29 is 9.59 Å². The molecule has 0 bridgehead atoms. The molecule has 5 heteroatoms. The molecule has 0 radical (unpaired) electrons. The van der Waals surface area contributed by atoms with E-state index in [1.54, 1.807) is 4.90 Å². The number of hydrogen-bond acceptors (Lipinski definition) is 3. The summed E-state index contributed by atoms with van der Waals surface area (Å²) < 4.78 is 0. The number of amides is 2. The Morgan fingerprint density at radius 1 is 1.15 bits per heavy atom. The zero-order chi connectivity index (χ0) is 19.7. The molecule has 1 saturated heterocycles. The minimum atomic E-state index is -0.561. The standard InChI is InChI=1S/C21H33N3O2/c1-7-15-8-10-16(11-9-15)14(2)23-18(25)19(26)24-20(3,4)12-17(22)13-21(24,5)6/h8-11,14,17H,7,12-13,22H2,1-6H3,(H,23,25). The number of carbonyl (C=O) groups is 2. The van der Waals surface area contributed by atoms with Crippen LogP contribution in [0, 0.1) is 0 Å². The van der Waals surface area contributed by atoms with E-state index in [1.807, 2.05) is 46.8 Å². The predicted octanol–water partition coefficient (Wildman–Crippen LogP) is 2.93. The summed E-state index contributed by atoms with van der Waals surface area (Å²) in [6.07, 6.45) is 2.34. The Kier molecular flexibility index (Phi) is 5.81. The zero-order valence-electron chi connectivity index (χ0n) is 16.9. The monoisotopic (exact) mass is 359 g/mol. The molecule has 1 heterocycles. The van der Waals surface area contributed by atoms with E-state index in [0.29, 0.717) is 12.8 Å². The average Bonchev–Trinajstić information content (AvgIpc) is 2.51. The second kappa shape index (κ2) is 7.39. The molecule has 1 fully saturated rings. The van der Waals surface area contributed by atoms with Gasteiger partial charge in [-0.25, -0.2) is 0 Å². The van der Waals surface area contributed by atoms with Gasteiger partial charge in [0.25, 0.3) is 0 Å². The van der Waals surface area contributed by atoms with Crippen LogP contribution in [0.5, 0.6) is 0 Å². The second-order valence-corrected chi connectivity index (χ2v) is 8.72. The Labute approximate surface area is 157 Å². The van der Waals surface area contributed by atoms with E-state index in [2.05, 4.69) is 24.4 Å². The lowest BCUT2D eigenvalue weighted by Gasteiger charge is -2.54. The average molecular weight is 360 g/mol. The lowest BCUT2D eigenvalue weighted by molar-refractivity contribution is -0.159. The van der Waals surface area contributed by atoms with Crippen molar-refractivity contribution in [2.45, 2.75) is 84.0 Å². The van der Waals surface area contributed by atoms with E-state index in [0.717, 1.165) is 12.0 Å². The van der Waals surface area contributed by atoms with Crippen LogP contribution in [0.15, 0.2) is 24.3 Å². The van der Waals surface area contributed by atoms with Gasteiger partial charge in [0.15, 0.2) is 0 Å². The first-order valence-electron chi connectivity index (χ1n) is 9.47. The van der Waals surface area contributed by atoms with Crippen molar-refractivity contribution in [3.8, 4) is 0 Å². The molecule has 3 N–H and O–H groups in total. The summed E-state index contributed by atoms with van der Waals surface area (Å²) in [6.45, 7) is 11.9. The molecule has 1 aromatic rings. The second-order valence-electron chi connectivity index (χ2n) is 8.72. The van der Waals surface area contributed by atoms with Gasteiger partial charge in [0.2, 0.25) is 0 Å². The Morgan fingerprint density at radius 2 is 1.65 bits per heavy atom. The highest BCUT2D eigenvalue weighted by Gasteiger charge is 2.48. The highest BCUT2D eigenvalue weighted by Crippen LogP contribution is 2.37. The van der Waals surface area contributed by atoms with Gasteiger partial charge < -0.3 is 16.0 Å². The van der Waals surface area contributed by atoms with Gasteiger partial charge in [-0.05, 0) is 65.0 Å². The number of carbonyl (C=O) groups excluding carboxylic acids is 2. The van der Waals surface area contributed by atoms with E-state index in [1.165, 1.54) is 5.56 Å². The molecule has 1 atom stereocenters. The number of aryl methyl sites for hydroxylation is 1. The normalized spacial score (nSPS) is 20.5. The van der Waals surface area contributed by atoms with Crippen molar-refractivity contribution in [3.05, 3.63) is 35.4 Å². The van der Waals surface area contributed by atoms with Gasteiger partial charge in [-0.3, -0.25) is 9.59 Å². The summed E-state index contributed by atoms with van der Waals surface area (Å²) in [5.41, 5.74) is 7.49. The minimum absolute atomic E-state index is 0.0307. The fraction of sp³-hybridized carbons (Fsp3) is 0.619. The van der Waals surface area contributed by atoms with Gasteiger partial charge in [0.1, 0.15) is 0 Å². The molecular weight excluding hydrogens is 326 g/mol. The maximum absolute atomic E-state index is 13.0. The molecule has 144 valence electrons. The topological polar surface area (TPSA) is 75.4 Å². The molecule has 1 unspecified atom stereocenters. The first kappa shape index (κ1) is 20.4. The summed E-state index contributed by atoms with van der Waals surface area (Å²) in [5.74, 6) is -1.04. The zero-order valence-corrected chi connectivity index (χ0v) is 16.9. The van der Waals surface area contributed by atoms with Crippen molar-refractivity contribution in [2.75, 3.05) is 0 Å². The number of nitrogens with two attached hydrogens (primary N) is 1. The van der Waals surface area contributed by atoms with Crippen molar-refractivity contribution in [3.63, 3.8) is 0 Å². The van der Waals surface area contributed by atoms with Gasteiger partial charge in [-0.15, -0.1) is 0 Å². The number of nitrogens with one attached hydrogen (secondary N) is 1. The summed E-state index contributed by atoms with van der Waals surface area (Å²) in [7, 11) is 0. The Hall–Kier alpha value is -1.88. The van der Waals surface area contributed by atoms with Crippen LogP contribution >= 0.6 is 0 Å². The minimum Gasteiger partial charge on any atom is -0.341 e. The number of benzene rings is 1. The van der Waals surface area contributed by atoms with Crippen LogP contribution in [0.1, 0.15) is 71.6 Å². The molecule has 0 aromatic heterocycles. The number of rotatable bonds is 3. The summed E-state index contributed by atoms with van der Waals surface area (Å²) in [5, 5.41) is 2.86. The van der Waals surface area contributed by atoms with Gasteiger partial charge in [-0.1, -0.05) is 31.2 Å². The Bertz CT molecular complexity index is 646. The van der Waals surface area contributed by atoms with Crippen molar-refractivity contribution in [1.29, 1.82) is 0 Å². The lowest BCUT2D eigenvalue weighted by atomic mass is 9.77. The van der Waals surface area contributed by atoms with Gasteiger partial charge >= 0.3 is 11.8 Å². The third kappa shape index (κ3) is 4.26. The fourth-order valence-electron chi connectivity index (χ4n) is 4.39. The van der Waals surface area contributed by atoms with Crippen LogP contribution in [-0.4, -0.2) is 33.8 Å². The number of hydrogen-bond donors (Lipinski definition) is 2. The molecule has 26 heavy (non-hydrogen) atoms. The third-order valence-electron chi connectivity index (χ3n) is 5.37. The van der Waals surface area contributed by atoms with E-state index >= 15 is 0 Å². The number of likely N-dealkylation sites (tertiary alicyclic amines) is 1. The van der Waals surface area contributed by atoms with Gasteiger partial charge in [-0.2, -0.15) is 0 Å². The highest BCUT2D eigenvalue weighted by molar-refractivity contribution is 6.35. The molecular formula is C21H33N3O2. The quantitative estimate of drug-likeness (QED) is 0.815. The molecule has 1 aromatic carbocycles. The van der Waals surface area contributed by atoms with Gasteiger partial charge in [0, 0.05) is 17.1 Å². The molecule has 2 rings (SSSR count). The maximum atomic E-state index is 13.0. The molecule has 5 nitrogen and oxygen atoms in total. The van der Waals surface area contributed by atoms with Crippen LogP contribution in [-0.2, 0) is 16.0 Å². The molecule has 1 aliphatic heterocycles. The number of nitrogens with zero attached hydrogens (tertiary/aromatic N) is 1. The van der Waals surface area contributed by atoms with E-state index in [9.17, 15) is 9.59 Å². The number of piperidine rings is 1. The van der Waals surface area contributed by atoms with Gasteiger partial charge in [0.05, 0.1) is 6.04 Å². The molecule has 0 spiro atoms. The van der Waals surface area contributed by atoms with E-state index in [-0.39, 0.29) is 12.1 Å². The van der Waals surface area contributed by atoms with Crippen LogP contribution in [0.2, 0.25) is 0 Å². The first-order chi connectivity index (χ1) is 12.0. The SMILES string of the molecule is CCc1ccc(C(C)NC(=O)C(=O)N2C(C)(C)CC(N)CC2(C)C)cc1. The van der Waals surface area contributed by atoms with E-state index in [4.69, 9.17) is 5.73 Å². The Balaban J connectivity index is 2.13. The highest BCUT2D eigenvalue weighted by atomic mass is 16.2. The van der Waals surface area contributed by atoms with Crippen LogP contribution in [0.25, 0.3) is 0 Å². The molecule has 1 aliphatic rings. The molecule has 0 aliphatic carbocycles. The van der Waals surface area contributed by atoms with Crippen LogP contribution in [0.4, 0.5) is 0 Å². The van der Waals surface area contributed by atoms with Crippen molar-refractivity contribution in [2.24, 2.45) is 5.73 Å². The summed E-state index contributed by atoms with van der Waals surface area (Å²) >= 11 is 0. The predicted molar refractivity (Wildman–Crippen MR) is 105 cm³/mol. The third-order valence-corrected chi connectivity index (χ3v) is 5.37. The van der Waals surface area contributed by atoms with Crippen molar-refractivity contribution >= 4 is 11.8 Å². The van der Waals surface area contributed by atoms with Crippen molar-refractivity contribution in [1.82, 2.24) is 10.2 Å². The summed E-state index contributed by atoms with van der Waals surface area (Å²) in [4.78, 5) is 27.4. The first-order valence-corrected chi connectivity index (χ1v) is 9.47.